The highest BCUT2D eigenvalue weighted by atomic mass is 35.5. The van der Waals surface area contributed by atoms with Gasteiger partial charge in [-0.2, -0.15) is 0 Å². The van der Waals surface area contributed by atoms with Gasteiger partial charge in [0.05, 0.1) is 0 Å². The Morgan fingerprint density at radius 2 is 2.06 bits per heavy atom. The average Bonchev–Trinajstić information content (AvgIpc) is 2.27. The first-order chi connectivity index (χ1) is 7.47. The maximum Gasteiger partial charge on any atom is 0.0402 e. The SMILES string of the molecule is CN1CCCCC1CCN(C)C(C)(C)CCl. The highest BCUT2D eigenvalue weighted by Crippen LogP contribution is 2.20. The van der Waals surface area contributed by atoms with Crippen molar-refractivity contribution in [1.82, 2.24) is 9.80 Å². The Morgan fingerprint density at radius 3 is 2.62 bits per heavy atom. The summed E-state index contributed by atoms with van der Waals surface area (Å²) in [6.07, 6.45) is 5.41. The van der Waals surface area contributed by atoms with Gasteiger partial charge in [-0.1, -0.05) is 6.42 Å². The Kier molecular flexibility index (Phi) is 5.55. The van der Waals surface area contributed by atoms with E-state index in [1.54, 1.807) is 0 Å². The van der Waals surface area contributed by atoms with E-state index in [1.165, 1.54) is 32.2 Å². The molecule has 0 aliphatic carbocycles. The van der Waals surface area contributed by atoms with Gasteiger partial charge in [0, 0.05) is 17.5 Å². The molecule has 1 aliphatic rings. The highest BCUT2D eigenvalue weighted by Gasteiger charge is 2.24. The summed E-state index contributed by atoms with van der Waals surface area (Å²) in [5.74, 6) is 0.698. The molecule has 1 rings (SSSR count). The van der Waals surface area contributed by atoms with Crippen LogP contribution < -0.4 is 0 Å². The van der Waals surface area contributed by atoms with Crippen molar-refractivity contribution in [2.75, 3.05) is 33.1 Å². The molecule has 0 bridgehead atoms. The molecule has 0 spiro atoms. The Hall–Kier alpha value is 0.210. The summed E-state index contributed by atoms with van der Waals surface area (Å²) in [5.41, 5.74) is 0.120. The number of nitrogens with zero attached hydrogens (tertiary/aromatic N) is 2. The van der Waals surface area contributed by atoms with Gasteiger partial charge in [-0.25, -0.2) is 0 Å². The van der Waals surface area contributed by atoms with Crippen LogP contribution in [-0.4, -0.2) is 54.4 Å². The third-order valence-corrected chi connectivity index (χ3v) is 4.73. The van der Waals surface area contributed by atoms with Gasteiger partial charge in [0.25, 0.3) is 0 Å². The van der Waals surface area contributed by atoms with Crippen LogP contribution in [-0.2, 0) is 0 Å². The first-order valence-electron chi connectivity index (χ1n) is 6.45. The van der Waals surface area contributed by atoms with Crippen molar-refractivity contribution in [2.24, 2.45) is 0 Å². The lowest BCUT2D eigenvalue weighted by atomic mass is 9.98. The van der Waals surface area contributed by atoms with Gasteiger partial charge in [0.2, 0.25) is 0 Å². The molecule has 16 heavy (non-hydrogen) atoms. The summed E-state index contributed by atoms with van der Waals surface area (Å²) in [6.45, 7) is 6.84. The van der Waals surface area contributed by atoms with Gasteiger partial charge in [-0.15, -0.1) is 11.6 Å². The van der Waals surface area contributed by atoms with E-state index in [1.807, 2.05) is 0 Å². The van der Waals surface area contributed by atoms with Crippen LogP contribution >= 0.6 is 11.6 Å². The third kappa shape index (κ3) is 3.90. The molecule has 1 heterocycles. The molecular weight excluding hydrogens is 220 g/mol. The molecule has 2 nitrogen and oxygen atoms in total. The average molecular weight is 247 g/mol. The number of alkyl halides is 1. The van der Waals surface area contributed by atoms with E-state index in [4.69, 9.17) is 11.6 Å². The molecule has 3 heteroatoms. The second-order valence-electron chi connectivity index (χ2n) is 5.79. The Balaban J connectivity index is 2.33. The number of halogens is 1. The fraction of sp³-hybridized carbons (Fsp3) is 1.00. The number of hydrogen-bond acceptors (Lipinski definition) is 2. The van der Waals surface area contributed by atoms with Crippen LogP contribution in [0, 0.1) is 0 Å². The molecule has 0 aromatic rings. The Morgan fingerprint density at radius 1 is 1.38 bits per heavy atom. The van der Waals surface area contributed by atoms with Crippen LogP contribution in [0.3, 0.4) is 0 Å². The van der Waals surface area contributed by atoms with Gasteiger partial charge in [0.1, 0.15) is 0 Å². The lowest BCUT2D eigenvalue weighted by Crippen LogP contribution is -2.45. The molecule has 0 saturated carbocycles. The second kappa shape index (κ2) is 6.23. The number of piperidine rings is 1. The molecule has 1 aliphatic heterocycles. The van der Waals surface area contributed by atoms with Crippen molar-refractivity contribution in [3.8, 4) is 0 Å². The minimum Gasteiger partial charge on any atom is -0.303 e. The van der Waals surface area contributed by atoms with Crippen molar-refractivity contribution in [1.29, 1.82) is 0 Å². The van der Waals surface area contributed by atoms with Crippen molar-refractivity contribution in [3.63, 3.8) is 0 Å². The zero-order valence-corrected chi connectivity index (χ0v) is 12.1. The summed E-state index contributed by atoms with van der Waals surface area (Å²) >= 11 is 5.99. The fourth-order valence-corrected chi connectivity index (χ4v) is 2.46. The van der Waals surface area contributed by atoms with Crippen molar-refractivity contribution in [3.05, 3.63) is 0 Å². The van der Waals surface area contributed by atoms with Crippen molar-refractivity contribution in [2.45, 2.75) is 51.1 Å². The standard InChI is InChI=1S/C13H27ClN2/c1-13(2,11-14)16(4)10-8-12-7-5-6-9-15(12)3/h12H,5-11H2,1-4H3. The van der Waals surface area contributed by atoms with E-state index < -0.39 is 0 Å². The lowest BCUT2D eigenvalue weighted by molar-refractivity contribution is 0.127. The highest BCUT2D eigenvalue weighted by molar-refractivity contribution is 6.18. The van der Waals surface area contributed by atoms with Gasteiger partial charge >= 0.3 is 0 Å². The first kappa shape index (κ1) is 14.3. The van der Waals surface area contributed by atoms with Crippen LogP contribution in [0.4, 0.5) is 0 Å². The van der Waals surface area contributed by atoms with Crippen LogP contribution in [0.25, 0.3) is 0 Å². The molecule has 1 unspecified atom stereocenters. The smallest absolute Gasteiger partial charge is 0.0402 e. The number of rotatable bonds is 5. The third-order valence-electron chi connectivity index (χ3n) is 4.08. The molecule has 1 saturated heterocycles. The van der Waals surface area contributed by atoms with Gasteiger partial charge in [0.15, 0.2) is 0 Å². The monoisotopic (exact) mass is 246 g/mol. The van der Waals surface area contributed by atoms with Crippen LogP contribution in [0.2, 0.25) is 0 Å². The zero-order chi connectivity index (χ0) is 12.2. The van der Waals surface area contributed by atoms with Crippen LogP contribution in [0.1, 0.15) is 39.5 Å². The number of hydrogen-bond donors (Lipinski definition) is 0. The molecule has 1 fully saturated rings. The molecule has 0 amide bonds. The molecule has 0 aromatic carbocycles. The summed E-state index contributed by atoms with van der Waals surface area (Å²) in [4.78, 5) is 4.91. The molecular formula is C13H27ClN2. The first-order valence-corrected chi connectivity index (χ1v) is 6.98. The lowest BCUT2D eigenvalue weighted by Gasteiger charge is -2.37. The van der Waals surface area contributed by atoms with Crippen molar-refractivity contribution < 1.29 is 0 Å². The van der Waals surface area contributed by atoms with Crippen LogP contribution in [0.15, 0.2) is 0 Å². The van der Waals surface area contributed by atoms with E-state index in [-0.39, 0.29) is 5.54 Å². The van der Waals surface area contributed by atoms with Crippen molar-refractivity contribution >= 4 is 11.6 Å². The molecule has 1 atom stereocenters. The van der Waals surface area contributed by atoms with Crippen LogP contribution in [0.5, 0.6) is 0 Å². The molecule has 96 valence electrons. The maximum absolute atomic E-state index is 5.99. The van der Waals surface area contributed by atoms with E-state index >= 15 is 0 Å². The summed E-state index contributed by atoms with van der Waals surface area (Å²) in [6, 6.07) is 0.780. The van der Waals surface area contributed by atoms with Gasteiger partial charge in [-0.05, 0) is 60.3 Å². The largest absolute Gasteiger partial charge is 0.303 e. The van der Waals surface area contributed by atoms with Gasteiger partial charge < -0.3 is 4.90 Å². The van der Waals surface area contributed by atoms with E-state index in [0.29, 0.717) is 5.88 Å². The quantitative estimate of drug-likeness (QED) is 0.689. The topological polar surface area (TPSA) is 6.48 Å². The fourth-order valence-electron chi connectivity index (χ4n) is 2.26. The molecule has 0 aromatic heterocycles. The summed E-state index contributed by atoms with van der Waals surface area (Å²) in [5, 5.41) is 0. The van der Waals surface area contributed by atoms with E-state index in [2.05, 4.69) is 37.7 Å². The van der Waals surface area contributed by atoms with E-state index in [9.17, 15) is 0 Å². The normalized spacial score (nSPS) is 24.0. The Labute approximate surface area is 106 Å². The Bertz CT molecular complexity index is 204. The minimum absolute atomic E-state index is 0.120. The molecule has 0 radical (unpaired) electrons. The van der Waals surface area contributed by atoms with E-state index in [0.717, 1.165) is 12.6 Å². The van der Waals surface area contributed by atoms with Gasteiger partial charge in [-0.3, -0.25) is 4.90 Å². The molecule has 0 N–H and O–H groups in total. The predicted molar refractivity (Wildman–Crippen MR) is 72.3 cm³/mol. The zero-order valence-electron chi connectivity index (χ0n) is 11.3. The predicted octanol–water partition coefficient (Wildman–Crippen LogP) is 2.81. The minimum atomic E-state index is 0.120. The summed E-state index contributed by atoms with van der Waals surface area (Å²) in [7, 11) is 4.45. The maximum atomic E-state index is 5.99. The summed E-state index contributed by atoms with van der Waals surface area (Å²) < 4.78 is 0. The number of likely N-dealkylation sites (tertiary alicyclic amines) is 1. The second-order valence-corrected chi connectivity index (χ2v) is 6.05.